The molecule has 0 aliphatic heterocycles. The van der Waals surface area contributed by atoms with Crippen molar-refractivity contribution in [2.45, 2.75) is 79.2 Å². The largest absolute Gasteiger partial charge is 0.382 e. The Hall–Kier alpha value is -0.700. The summed E-state index contributed by atoms with van der Waals surface area (Å²) in [4.78, 5) is 23.7. The summed E-state index contributed by atoms with van der Waals surface area (Å²) in [5.41, 5.74) is -2.11. The Bertz CT molecular complexity index is 312. The number of rotatable bonds is 8. The highest BCUT2D eigenvalue weighted by molar-refractivity contribution is 5.95. The van der Waals surface area contributed by atoms with Gasteiger partial charge in [-0.05, 0) is 19.3 Å². The van der Waals surface area contributed by atoms with Crippen LogP contribution < -0.4 is 0 Å². The minimum Gasteiger partial charge on any atom is -0.382 e. The first-order valence-corrected chi connectivity index (χ1v) is 7.26. The Kier molecular flexibility index (Phi) is 6.92. The van der Waals surface area contributed by atoms with E-state index in [0.29, 0.717) is 12.3 Å². The number of ketones is 2. The van der Waals surface area contributed by atoms with Gasteiger partial charge in [0.25, 0.3) is 0 Å². The summed E-state index contributed by atoms with van der Waals surface area (Å²) in [6, 6.07) is 0. The maximum Gasteiger partial charge on any atom is 0.170 e. The number of aliphatic hydroxyl groups is 1. The smallest absolute Gasteiger partial charge is 0.170 e. The third-order valence-corrected chi connectivity index (χ3v) is 3.27. The van der Waals surface area contributed by atoms with Crippen LogP contribution in [-0.2, 0) is 9.59 Å². The SMILES string of the molecule is CC(=O)C[C@](O)(CCCCC(C)C)C(=O)C(C)(C)C. The van der Waals surface area contributed by atoms with Crippen molar-refractivity contribution in [1.29, 1.82) is 0 Å². The maximum atomic E-state index is 12.3. The molecule has 0 aliphatic carbocycles. The number of unbranched alkanes of at least 4 members (excludes halogenated alkanes) is 1. The van der Waals surface area contributed by atoms with E-state index >= 15 is 0 Å². The van der Waals surface area contributed by atoms with E-state index in [1.165, 1.54) is 6.92 Å². The molecule has 0 saturated carbocycles. The fourth-order valence-electron chi connectivity index (χ4n) is 2.36. The van der Waals surface area contributed by atoms with E-state index in [1.54, 1.807) is 20.8 Å². The molecule has 1 atom stereocenters. The summed E-state index contributed by atoms with van der Waals surface area (Å²) in [5.74, 6) is 0.267. The number of Topliss-reactive ketones (excluding diaryl/α,β-unsaturated/α-hetero) is 2. The lowest BCUT2D eigenvalue weighted by Crippen LogP contribution is -2.46. The van der Waals surface area contributed by atoms with Crippen LogP contribution in [0.3, 0.4) is 0 Å². The zero-order valence-corrected chi connectivity index (χ0v) is 13.4. The van der Waals surface area contributed by atoms with Gasteiger partial charge in [0.2, 0.25) is 0 Å². The highest BCUT2D eigenvalue weighted by Crippen LogP contribution is 2.30. The van der Waals surface area contributed by atoms with Crippen molar-refractivity contribution in [3.63, 3.8) is 0 Å². The number of hydrogen-bond acceptors (Lipinski definition) is 3. The van der Waals surface area contributed by atoms with Gasteiger partial charge >= 0.3 is 0 Å². The molecule has 0 aromatic rings. The van der Waals surface area contributed by atoms with E-state index in [1.807, 2.05) is 0 Å². The molecule has 0 aromatic heterocycles. The lowest BCUT2D eigenvalue weighted by molar-refractivity contribution is -0.150. The summed E-state index contributed by atoms with van der Waals surface area (Å²) in [6.07, 6.45) is 3.17. The van der Waals surface area contributed by atoms with Gasteiger partial charge in [-0.15, -0.1) is 0 Å². The predicted molar refractivity (Wildman–Crippen MR) is 78.0 cm³/mol. The second-order valence-corrected chi connectivity index (χ2v) is 7.13. The molecule has 1 N–H and O–H groups in total. The van der Waals surface area contributed by atoms with Crippen molar-refractivity contribution in [1.82, 2.24) is 0 Å². The molecule has 19 heavy (non-hydrogen) atoms. The molecule has 0 fully saturated rings. The Morgan fingerprint density at radius 2 is 1.63 bits per heavy atom. The highest BCUT2D eigenvalue weighted by atomic mass is 16.3. The Morgan fingerprint density at radius 1 is 1.11 bits per heavy atom. The molecule has 0 aromatic carbocycles. The van der Waals surface area contributed by atoms with Gasteiger partial charge in [0.1, 0.15) is 11.4 Å². The lowest BCUT2D eigenvalue weighted by atomic mass is 9.75. The number of carbonyl (C=O) groups excluding carboxylic acids is 2. The van der Waals surface area contributed by atoms with Crippen molar-refractivity contribution in [2.24, 2.45) is 11.3 Å². The van der Waals surface area contributed by atoms with Crippen LogP contribution in [0, 0.1) is 11.3 Å². The molecule has 0 saturated heterocycles. The van der Waals surface area contributed by atoms with Gasteiger partial charge in [0.05, 0.1) is 0 Å². The van der Waals surface area contributed by atoms with Gasteiger partial charge < -0.3 is 5.11 Å². The van der Waals surface area contributed by atoms with Crippen LogP contribution in [0.4, 0.5) is 0 Å². The fraction of sp³-hybridized carbons (Fsp3) is 0.875. The maximum absolute atomic E-state index is 12.3. The van der Waals surface area contributed by atoms with Gasteiger partial charge in [0.15, 0.2) is 5.78 Å². The summed E-state index contributed by atoms with van der Waals surface area (Å²) in [7, 11) is 0. The standard InChI is InChI=1S/C16H30O3/c1-12(2)9-7-8-10-16(19,11-13(3)17)14(18)15(4,5)6/h12,19H,7-11H2,1-6H3/t16-/m1/s1. The quantitative estimate of drug-likeness (QED) is 0.686. The molecule has 3 heteroatoms. The van der Waals surface area contributed by atoms with Crippen LogP contribution in [0.25, 0.3) is 0 Å². The molecule has 0 aliphatic rings. The molecule has 0 spiro atoms. The van der Waals surface area contributed by atoms with Gasteiger partial charge in [-0.1, -0.05) is 53.9 Å². The van der Waals surface area contributed by atoms with Gasteiger partial charge in [-0.2, -0.15) is 0 Å². The average Bonchev–Trinajstić information content (AvgIpc) is 2.21. The Balaban J connectivity index is 4.70. The van der Waals surface area contributed by atoms with Crippen LogP contribution in [0.2, 0.25) is 0 Å². The number of carbonyl (C=O) groups is 2. The van der Waals surface area contributed by atoms with E-state index in [-0.39, 0.29) is 18.0 Å². The zero-order chi connectivity index (χ0) is 15.3. The van der Waals surface area contributed by atoms with Gasteiger partial charge in [-0.25, -0.2) is 0 Å². The van der Waals surface area contributed by atoms with Crippen LogP contribution >= 0.6 is 0 Å². The monoisotopic (exact) mass is 270 g/mol. The highest BCUT2D eigenvalue weighted by Gasteiger charge is 2.42. The van der Waals surface area contributed by atoms with Crippen molar-refractivity contribution in [3.8, 4) is 0 Å². The van der Waals surface area contributed by atoms with E-state index in [0.717, 1.165) is 19.3 Å². The molecule has 0 amide bonds. The normalized spacial score (nSPS) is 15.4. The van der Waals surface area contributed by atoms with Crippen molar-refractivity contribution < 1.29 is 14.7 Å². The molecule has 0 heterocycles. The summed E-state index contributed by atoms with van der Waals surface area (Å²) in [5, 5.41) is 10.6. The van der Waals surface area contributed by atoms with E-state index < -0.39 is 11.0 Å². The Morgan fingerprint density at radius 3 is 2.00 bits per heavy atom. The first kappa shape index (κ1) is 18.3. The molecular formula is C16H30O3. The van der Waals surface area contributed by atoms with Crippen molar-refractivity contribution >= 4 is 11.6 Å². The van der Waals surface area contributed by atoms with Gasteiger partial charge in [-0.3, -0.25) is 9.59 Å². The lowest BCUT2D eigenvalue weighted by Gasteiger charge is -2.32. The third kappa shape index (κ3) is 6.86. The Labute approximate surface area is 117 Å². The first-order chi connectivity index (χ1) is 8.49. The first-order valence-electron chi connectivity index (χ1n) is 7.26. The minimum absolute atomic E-state index is 0.0647. The zero-order valence-electron chi connectivity index (χ0n) is 13.4. The van der Waals surface area contributed by atoms with Crippen molar-refractivity contribution in [2.75, 3.05) is 0 Å². The van der Waals surface area contributed by atoms with E-state index in [4.69, 9.17) is 0 Å². The summed E-state index contributed by atoms with van der Waals surface area (Å²) >= 11 is 0. The minimum atomic E-state index is -1.49. The van der Waals surface area contributed by atoms with E-state index in [9.17, 15) is 14.7 Å². The molecular weight excluding hydrogens is 240 g/mol. The molecule has 0 bridgehead atoms. The summed E-state index contributed by atoms with van der Waals surface area (Å²) in [6.45, 7) is 11.1. The van der Waals surface area contributed by atoms with Crippen molar-refractivity contribution in [3.05, 3.63) is 0 Å². The summed E-state index contributed by atoms with van der Waals surface area (Å²) < 4.78 is 0. The third-order valence-electron chi connectivity index (χ3n) is 3.27. The second kappa shape index (κ2) is 7.18. The van der Waals surface area contributed by atoms with Crippen LogP contribution in [0.15, 0.2) is 0 Å². The fourth-order valence-corrected chi connectivity index (χ4v) is 2.36. The topological polar surface area (TPSA) is 54.4 Å². The second-order valence-electron chi connectivity index (χ2n) is 7.13. The predicted octanol–water partition coefficient (Wildman–Crippen LogP) is 3.53. The van der Waals surface area contributed by atoms with Gasteiger partial charge in [0, 0.05) is 11.8 Å². The van der Waals surface area contributed by atoms with Crippen LogP contribution in [-0.4, -0.2) is 22.3 Å². The van der Waals surface area contributed by atoms with Crippen LogP contribution in [0.5, 0.6) is 0 Å². The number of hydrogen-bond donors (Lipinski definition) is 1. The molecule has 0 rings (SSSR count). The molecule has 0 radical (unpaired) electrons. The molecule has 112 valence electrons. The van der Waals surface area contributed by atoms with Crippen LogP contribution in [0.1, 0.15) is 73.6 Å². The average molecular weight is 270 g/mol. The molecule has 0 unspecified atom stereocenters. The van der Waals surface area contributed by atoms with E-state index in [2.05, 4.69) is 13.8 Å². The molecule has 3 nitrogen and oxygen atoms in total.